The van der Waals surface area contributed by atoms with Crippen molar-refractivity contribution in [1.82, 2.24) is 0 Å². The van der Waals surface area contributed by atoms with E-state index in [2.05, 4.69) is 0 Å². The van der Waals surface area contributed by atoms with E-state index < -0.39 is 0 Å². The first-order valence-electron chi connectivity index (χ1n) is 5.40. The summed E-state index contributed by atoms with van der Waals surface area (Å²) in [6.07, 6.45) is 0. The van der Waals surface area contributed by atoms with E-state index in [0.29, 0.717) is 24.0 Å². The first-order chi connectivity index (χ1) is 8.65. The van der Waals surface area contributed by atoms with E-state index >= 15 is 0 Å². The Morgan fingerprint density at radius 2 is 1.89 bits per heavy atom. The summed E-state index contributed by atoms with van der Waals surface area (Å²) in [6.45, 7) is 7.22. The molecule has 0 fully saturated rings. The fourth-order valence-electron chi connectivity index (χ4n) is 1.39. The predicted molar refractivity (Wildman–Crippen MR) is 71.4 cm³/mol. The van der Waals surface area contributed by atoms with Crippen molar-refractivity contribution in [3.05, 3.63) is 28.3 Å². The van der Waals surface area contributed by atoms with Gasteiger partial charge in [0.1, 0.15) is 12.5 Å². The van der Waals surface area contributed by atoms with E-state index in [4.69, 9.17) is 30.6 Å². The van der Waals surface area contributed by atoms with Crippen molar-refractivity contribution in [2.24, 2.45) is 0 Å². The summed E-state index contributed by atoms with van der Waals surface area (Å²) in [5, 5.41) is 0.618. The van der Waals surface area contributed by atoms with Gasteiger partial charge in [-0.3, -0.25) is 0 Å². The van der Waals surface area contributed by atoms with Crippen LogP contribution in [0, 0.1) is 13.8 Å². The van der Waals surface area contributed by atoms with Crippen LogP contribution in [-0.2, 0) is 14.3 Å². The minimum Gasteiger partial charge on any atom is -0.466 e. The summed E-state index contributed by atoms with van der Waals surface area (Å²) in [7, 11) is 1.63. The summed E-state index contributed by atoms with van der Waals surface area (Å²) in [6, 6.07) is 3.90. The van der Waals surface area contributed by atoms with Gasteiger partial charge in [0.05, 0.1) is 18.2 Å². The molecule has 0 bridgehead atoms. The Kier molecular flexibility index (Phi) is 9.28. The molecule has 0 aliphatic carbocycles. The molecule has 0 heterocycles. The number of carbonyl (C=O) groups is 1. The molecule has 0 unspecified atom stereocenters. The van der Waals surface area contributed by atoms with E-state index in [1.54, 1.807) is 7.11 Å². The van der Waals surface area contributed by atoms with Crippen LogP contribution in [0.3, 0.4) is 0 Å². The maximum absolute atomic E-state index is 8.00. The third-order valence-corrected chi connectivity index (χ3v) is 2.37. The number of methoxy groups -OCH3 is 1. The van der Waals surface area contributed by atoms with Gasteiger partial charge in [-0.1, -0.05) is 17.7 Å². The van der Waals surface area contributed by atoms with Gasteiger partial charge in [0, 0.05) is 7.11 Å². The van der Waals surface area contributed by atoms with Gasteiger partial charge in [-0.05, 0) is 31.0 Å². The lowest BCUT2D eigenvalue weighted by Crippen LogP contribution is -2.08. The SMILES string of the molecule is C=O.COCCOCOc1c(C)cc(C)cc1Cl. The molecule has 0 aromatic heterocycles. The topological polar surface area (TPSA) is 44.8 Å². The zero-order chi connectivity index (χ0) is 14.0. The molecule has 5 heteroatoms. The van der Waals surface area contributed by atoms with Crippen molar-refractivity contribution in [2.45, 2.75) is 13.8 Å². The van der Waals surface area contributed by atoms with Crippen molar-refractivity contribution in [2.75, 3.05) is 27.1 Å². The maximum atomic E-state index is 8.00. The van der Waals surface area contributed by atoms with E-state index in [9.17, 15) is 0 Å². The van der Waals surface area contributed by atoms with Crippen LogP contribution in [0.15, 0.2) is 12.1 Å². The Balaban J connectivity index is 0.00000137. The molecule has 102 valence electrons. The smallest absolute Gasteiger partial charge is 0.189 e. The second-order valence-electron chi connectivity index (χ2n) is 3.56. The van der Waals surface area contributed by atoms with Gasteiger partial charge < -0.3 is 19.0 Å². The molecule has 1 aromatic carbocycles. The normalized spacial score (nSPS) is 9.56. The third-order valence-electron chi connectivity index (χ3n) is 2.09. The highest BCUT2D eigenvalue weighted by molar-refractivity contribution is 6.32. The highest BCUT2D eigenvalue weighted by atomic mass is 35.5. The van der Waals surface area contributed by atoms with Gasteiger partial charge >= 0.3 is 0 Å². The molecule has 0 saturated carbocycles. The van der Waals surface area contributed by atoms with Crippen LogP contribution in [0.5, 0.6) is 5.75 Å². The lowest BCUT2D eigenvalue weighted by molar-refractivity contribution is -0.0979. The minimum atomic E-state index is 0.187. The monoisotopic (exact) mass is 274 g/mol. The van der Waals surface area contributed by atoms with Gasteiger partial charge in [0.15, 0.2) is 6.79 Å². The number of carbonyl (C=O) groups excluding carboxylic acids is 1. The molecule has 0 atom stereocenters. The maximum Gasteiger partial charge on any atom is 0.189 e. The van der Waals surface area contributed by atoms with Gasteiger partial charge in [0.2, 0.25) is 0 Å². The van der Waals surface area contributed by atoms with Crippen LogP contribution in [-0.4, -0.2) is 33.9 Å². The largest absolute Gasteiger partial charge is 0.466 e. The number of halogens is 1. The highest BCUT2D eigenvalue weighted by Gasteiger charge is 2.06. The number of rotatable bonds is 6. The predicted octanol–water partition coefficient (Wildman–Crippen LogP) is 2.77. The van der Waals surface area contributed by atoms with E-state index in [-0.39, 0.29) is 6.79 Å². The molecule has 4 nitrogen and oxygen atoms in total. The summed E-state index contributed by atoms with van der Waals surface area (Å²) in [4.78, 5) is 8.00. The first kappa shape index (κ1) is 16.9. The van der Waals surface area contributed by atoms with Crippen molar-refractivity contribution in [3.8, 4) is 5.75 Å². The third kappa shape index (κ3) is 6.00. The number of benzene rings is 1. The molecular weight excluding hydrogens is 256 g/mol. The summed E-state index contributed by atoms with van der Waals surface area (Å²) >= 11 is 6.07. The molecule has 0 saturated heterocycles. The van der Waals surface area contributed by atoms with Gasteiger partial charge in [0.25, 0.3) is 0 Å². The molecule has 1 aromatic rings. The molecular formula is C13H19ClO4. The Hall–Kier alpha value is -1.10. The minimum absolute atomic E-state index is 0.187. The van der Waals surface area contributed by atoms with E-state index in [1.807, 2.05) is 32.8 Å². The fourth-order valence-corrected chi connectivity index (χ4v) is 1.76. The molecule has 0 N–H and O–H groups in total. The summed E-state index contributed by atoms with van der Waals surface area (Å²) in [5.41, 5.74) is 2.13. The number of aryl methyl sites for hydroxylation is 2. The second kappa shape index (κ2) is 9.88. The Bertz CT molecular complexity index is 332. The molecule has 0 amide bonds. The quantitative estimate of drug-likeness (QED) is 0.591. The van der Waals surface area contributed by atoms with Crippen molar-refractivity contribution < 1.29 is 19.0 Å². The summed E-state index contributed by atoms with van der Waals surface area (Å²) in [5.74, 6) is 0.685. The van der Waals surface area contributed by atoms with Gasteiger partial charge in [-0.2, -0.15) is 0 Å². The zero-order valence-electron chi connectivity index (χ0n) is 11.0. The van der Waals surface area contributed by atoms with Crippen LogP contribution in [0.4, 0.5) is 0 Å². The van der Waals surface area contributed by atoms with E-state index in [1.165, 1.54) is 0 Å². The molecule has 0 spiro atoms. The molecule has 1 rings (SSSR count). The highest BCUT2D eigenvalue weighted by Crippen LogP contribution is 2.29. The Morgan fingerprint density at radius 3 is 2.44 bits per heavy atom. The van der Waals surface area contributed by atoms with Gasteiger partial charge in [-0.15, -0.1) is 0 Å². The molecule has 0 aliphatic rings. The van der Waals surface area contributed by atoms with Crippen molar-refractivity contribution in [3.63, 3.8) is 0 Å². The lowest BCUT2D eigenvalue weighted by atomic mass is 10.1. The van der Waals surface area contributed by atoms with Crippen LogP contribution >= 0.6 is 11.6 Å². The Morgan fingerprint density at radius 1 is 1.22 bits per heavy atom. The van der Waals surface area contributed by atoms with Crippen LogP contribution < -0.4 is 4.74 Å². The van der Waals surface area contributed by atoms with Crippen molar-refractivity contribution in [1.29, 1.82) is 0 Å². The van der Waals surface area contributed by atoms with Gasteiger partial charge in [-0.25, -0.2) is 0 Å². The average Bonchev–Trinajstić information content (AvgIpc) is 2.34. The summed E-state index contributed by atoms with van der Waals surface area (Å²) < 4.78 is 15.5. The number of hydrogen-bond donors (Lipinski definition) is 0. The molecule has 0 aliphatic heterocycles. The van der Waals surface area contributed by atoms with Crippen LogP contribution in [0.1, 0.15) is 11.1 Å². The lowest BCUT2D eigenvalue weighted by Gasteiger charge is -2.11. The fraction of sp³-hybridized carbons (Fsp3) is 0.462. The van der Waals surface area contributed by atoms with E-state index in [0.717, 1.165) is 11.1 Å². The number of ether oxygens (including phenoxy) is 3. The molecule has 0 radical (unpaired) electrons. The van der Waals surface area contributed by atoms with Crippen LogP contribution in [0.2, 0.25) is 5.02 Å². The average molecular weight is 275 g/mol. The number of hydrogen-bond acceptors (Lipinski definition) is 4. The molecule has 18 heavy (non-hydrogen) atoms. The zero-order valence-corrected chi connectivity index (χ0v) is 11.8. The standard InChI is InChI=1S/C12H17ClO3.CH2O/c1-9-6-10(2)12(11(13)7-9)16-8-15-5-4-14-3;1-2/h6-7H,4-5,8H2,1-3H3;1H2. The van der Waals surface area contributed by atoms with Crippen molar-refractivity contribution >= 4 is 18.4 Å². The van der Waals surface area contributed by atoms with Crippen LogP contribution in [0.25, 0.3) is 0 Å². The second-order valence-corrected chi connectivity index (χ2v) is 3.96. The Labute approximate surface area is 113 Å². The first-order valence-corrected chi connectivity index (χ1v) is 5.78.